The molecule has 0 radical (unpaired) electrons. The van der Waals surface area contributed by atoms with E-state index in [0.29, 0.717) is 16.5 Å². The third-order valence-corrected chi connectivity index (χ3v) is 4.40. The third kappa shape index (κ3) is 3.70. The molecule has 4 nitrogen and oxygen atoms in total. The molecule has 0 spiro atoms. The molecular weight excluding hydrogens is 332 g/mol. The molecule has 1 heterocycles. The summed E-state index contributed by atoms with van der Waals surface area (Å²) in [7, 11) is 1.54. The number of methoxy groups -OCH3 is 1. The van der Waals surface area contributed by atoms with Crippen molar-refractivity contribution in [3.05, 3.63) is 58.6 Å². The van der Waals surface area contributed by atoms with E-state index in [9.17, 15) is 4.79 Å². The van der Waals surface area contributed by atoms with Gasteiger partial charge in [0.1, 0.15) is 10.8 Å². The van der Waals surface area contributed by atoms with Gasteiger partial charge in [0.2, 0.25) is 5.91 Å². The summed E-state index contributed by atoms with van der Waals surface area (Å²) < 4.78 is 6.17. The number of anilines is 1. The molecule has 0 fully saturated rings. The first-order valence-corrected chi connectivity index (χ1v) is 8.03. The van der Waals surface area contributed by atoms with Crippen molar-refractivity contribution < 1.29 is 9.53 Å². The van der Waals surface area contributed by atoms with Gasteiger partial charge in [-0.25, -0.2) is 4.98 Å². The molecule has 3 aromatic rings. The van der Waals surface area contributed by atoms with Crippen molar-refractivity contribution in [2.24, 2.45) is 0 Å². The molecule has 0 aliphatic rings. The summed E-state index contributed by atoms with van der Waals surface area (Å²) in [4.78, 5) is 16.4. The molecule has 1 amide bonds. The predicted octanol–water partition coefficient (Wildman–Crippen LogP) is 4.61. The fraction of sp³-hybridized carbons (Fsp3) is 0.0588. The molecule has 0 atom stereocenters. The summed E-state index contributed by atoms with van der Waals surface area (Å²) in [5.41, 5.74) is 1.54. The van der Waals surface area contributed by atoms with Gasteiger partial charge in [0.25, 0.3) is 0 Å². The van der Waals surface area contributed by atoms with E-state index in [1.54, 1.807) is 31.4 Å². The number of hydrogen-bond donors (Lipinski definition) is 1. The Bertz CT molecular complexity index is 856. The average Bonchev–Trinajstić information content (AvgIpc) is 2.96. The molecule has 0 unspecified atom stereocenters. The highest BCUT2D eigenvalue weighted by atomic mass is 35.5. The van der Waals surface area contributed by atoms with Gasteiger partial charge in [-0.15, -0.1) is 11.3 Å². The number of fused-ring (bicyclic) bond motifs is 1. The zero-order chi connectivity index (χ0) is 16.2. The fourth-order valence-corrected chi connectivity index (χ4v) is 3.16. The van der Waals surface area contributed by atoms with Gasteiger partial charge in [0.15, 0.2) is 0 Å². The summed E-state index contributed by atoms with van der Waals surface area (Å²) >= 11 is 7.57. The van der Waals surface area contributed by atoms with E-state index in [0.717, 1.165) is 15.2 Å². The van der Waals surface area contributed by atoms with Crippen molar-refractivity contribution >= 4 is 50.8 Å². The lowest BCUT2D eigenvalue weighted by atomic mass is 10.3. The van der Waals surface area contributed by atoms with Crippen LogP contribution in [-0.4, -0.2) is 18.0 Å². The number of benzene rings is 2. The summed E-state index contributed by atoms with van der Waals surface area (Å²) in [6, 6.07) is 12.9. The molecule has 2 aromatic carbocycles. The van der Waals surface area contributed by atoms with Gasteiger partial charge in [-0.2, -0.15) is 0 Å². The normalized spacial score (nSPS) is 11.0. The van der Waals surface area contributed by atoms with Gasteiger partial charge in [-0.05, 0) is 36.4 Å². The average molecular weight is 345 g/mol. The first-order valence-electron chi connectivity index (χ1n) is 6.84. The van der Waals surface area contributed by atoms with E-state index in [4.69, 9.17) is 16.3 Å². The van der Waals surface area contributed by atoms with Crippen LogP contribution in [0.4, 0.5) is 5.69 Å². The molecular formula is C17H13ClN2O2S. The largest absolute Gasteiger partial charge is 0.495 e. The quantitative estimate of drug-likeness (QED) is 0.703. The number of nitrogens with zero attached hydrogens (tertiary/aromatic N) is 1. The van der Waals surface area contributed by atoms with Gasteiger partial charge in [-0.3, -0.25) is 4.79 Å². The standard InChI is InChI=1S/C17H13ClN2O2S/c1-22-14-7-6-11(10-12(14)18)19-16(21)8-9-17-20-13-4-2-3-5-15(13)23-17/h2-10H,1H3,(H,19,21). The first kappa shape index (κ1) is 15.5. The fourth-order valence-electron chi connectivity index (χ4n) is 2.04. The maximum absolute atomic E-state index is 12.0. The van der Waals surface area contributed by atoms with Crippen molar-refractivity contribution in [2.75, 3.05) is 12.4 Å². The molecule has 23 heavy (non-hydrogen) atoms. The van der Waals surface area contributed by atoms with Crippen molar-refractivity contribution in [1.82, 2.24) is 4.98 Å². The second-order valence-electron chi connectivity index (χ2n) is 4.69. The number of ether oxygens (including phenoxy) is 1. The van der Waals surface area contributed by atoms with E-state index in [1.165, 1.54) is 17.4 Å². The minimum absolute atomic E-state index is 0.245. The highest BCUT2D eigenvalue weighted by molar-refractivity contribution is 7.19. The van der Waals surface area contributed by atoms with Gasteiger partial charge in [0.05, 0.1) is 22.3 Å². The smallest absolute Gasteiger partial charge is 0.248 e. The van der Waals surface area contributed by atoms with Crippen LogP contribution in [0.25, 0.3) is 16.3 Å². The zero-order valence-electron chi connectivity index (χ0n) is 12.2. The molecule has 0 bridgehead atoms. The number of carbonyl (C=O) groups is 1. The number of carbonyl (C=O) groups excluding carboxylic acids is 1. The van der Waals surface area contributed by atoms with Crippen LogP contribution in [0.15, 0.2) is 48.5 Å². The molecule has 0 saturated carbocycles. The monoisotopic (exact) mass is 344 g/mol. The van der Waals surface area contributed by atoms with E-state index < -0.39 is 0 Å². The number of hydrogen-bond acceptors (Lipinski definition) is 4. The Morgan fingerprint density at radius 3 is 2.87 bits per heavy atom. The van der Waals surface area contributed by atoms with Crippen LogP contribution in [0, 0.1) is 0 Å². The van der Waals surface area contributed by atoms with Crippen LogP contribution in [0.2, 0.25) is 5.02 Å². The van der Waals surface area contributed by atoms with Crippen LogP contribution in [0.5, 0.6) is 5.75 Å². The Hall–Kier alpha value is -2.37. The summed E-state index contributed by atoms with van der Waals surface area (Å²) in [5, 5.41) is 3.98. The minimum Gasteiger partial charge on any atom is -0.495 e. The Morgan fingerprint density at radius 1 is 1.30 bits per heavy atom. The van der Waals surface area contributed by atoms with Crippen LogP contribution < -0.4 is 10.1 Å². The second-order valence-corrected chi connectivity index (χ2v) is 6.16. The van der Waals surface area contributed by atoms with Gasteiger partial charge >= 0.3 is 0 Å². The highest BCUT2D eigenvalue weighted by Gasteiger charge is 2.04. The summed E-state index contributed by atoms with van der Waals surface area (Å²) in [6.45, 7) is 0. The lowest BCUT2D eigenvalue weighted by Crippen LogP contribution is -2.07. The minimum atomic E-state index is -0.245. The number of nitrogens with one attached hydrogen (secondary N) is 1. The van der Waals surface area contributed by atoms with Crippen LogP contribution in [-0.2, 0) is 4.79 Å². The van der Waals surface area contributed by atoms with Gasteiger partial charge < -0.3 is 10.1 Å². The highest BCUT2D eigenvalue weighted by Crippen LogP contribution is 2.27. The van der Waals surface area contributed by atoms with Crippen molar-refractivity contribution in [3.63, 3.8) is 0 Å². The molecule has 1 aromatic heterocycles. The Labute approximate surface area is 142 Å². The molecule has 0 aliphatic heterocycles. The summed E-state index contributed by atoms with van der Waals surface area (Å²) in [6.07, 6.45) is 3.15. The Kier molecular flexibility index (Phi) is 4.60. The van der Waals surface area contributed by atoms with E-state index in [-0.39, 0.29) is 5.91 Å². The molecule has 6 heteroatoms. The number of aromatic nitrogens is 1. The number of halogens is 1. The topological polar surface area (TPSA) is 51.2 Å². The van der Waals surface area contributed by atoms with Crippen LogP contribution >= 0.6 is 22.9 Å². The van der Waals surface area contributed by atoms with Crippen molar-refractivity contribution in [1.29, 1.82) is 0 Å². The number of amides is 1. The van der Waals surface area contributed by atoms with Gasteiger partial charge in [-0.1, -0.05) is 23.7 Å². The lowest BCUT2D eigenvalue weighted by Gasteiger charge is -2.06. The molecule has 0 saturated heterocycles. The van der Waals surface area contributed by atoms with E-state index >= 15 is 0 Å². The van der Waals surface area contributed by atoms with Crippen LogP contribution in [0.3, 0.4) is 0 Å². The van der Waals surface area contributed by atoms with E-state index in [1.807, 2.05) is 24.3 Å². The SMILES string of the molecule is COc1ccc(NC(=O)C=Cc2nc3ccccc3s2)cc1Cl. The lowest BCUT2D eigenvalue weighted by molar-refractivity contribution is -0.111. The number of rotatable bonds is 4. The van der Waals surface area contributed by atoms with Crippen LogP contribution in [0.1, 0.15) is 5.01 Å². The molecule has 0 aliphatic carbocycles. The number of thiazole rings is 1. The first-order chi connectivity index (χ1) is 11.2. The predicted molar refractivity (Wildman–Crippen MR) is 95.3 cm³/mol. The van der Waals surface area contributed by atoms with Crippen molar-refractivity contribution in [3.8, 4) is 5.75 Å². The Morgan fingerprint density at radius 2 is 2.13 bits per heavy atom. The maximum atomic E-state index is 12.0. The third-order valence-electron chi connectivity index (χ3n) is 3.11. The Balaban J connectivity index is 1.70. The molecule has 116 valence electrons. The maximum Gasteiger partial charge on any atom is 0.248 e. The molecule has 1 N–H and O–H groups in total. The summed E-state index contributed by atoms with van der Waals surface area (Å²) in [5.74, 6) is 0.320. The zero-order valence-corrected chi connectivity index (χ0v) is 13.8. The van der Waals surface area contributed by atoms with Crippen molar-refractivity contribution in [2.45, 2.75) is 0 Å². The molecule has 3 rings (SSSR count). The van der Waals surface area contributed by atoms with E-state index in [2.05, 4.69) is 10.3 Å². The second kappa shape index (κ2) is 6.81. The number of para-hydroxylation sites is 1. The van der Waals surface area contributed by atoms with Gasteiger partial charge in [0, 0.05) is 11.8 Å².